The van der Waals surface area contributed by atoms with Crippen LogP contribution in [0.15, 0.2) is 85.9 Å². The lowest BCUT2D eigenvalue weighted by Gasteiger charge is -2.13. The van der Waals surface area contributed by atoms with Gasteiger partial charge in [-0.2, -0.15) is 8.42 Å². The Bertz CT molecular complexity index is 1360. The van der Waals surface area contributed by atoms with E-state index in [2.05, 4.69) is 9.44 Å². The van der Waals surface area contributed by atoms with Gasteiger partial charge >= 0.3 is 0 Å². The Morgan fingerprint density at radius 3 is 2.31 bits per heavy atom. The van der Waals surface area contributed by atoms with Gasteiger partial charge in [0.15, 0.2) is 0 Å². The van der Waals surface area contributed by atoms with E-state index in [1.807, 2.05) is 0 Å². The summed E-state index contributed by atoms with van der Waals surface area (Å²) < 4.78 is 65.3. The number of rotatable bonds is 6. The van der Waals surface area contributed by atoms with Crippen LogP contribution >= 0.6 is 11.6 Å². The maximum Gasteiger partial charge on any atom is 0.295 e. The van der Waals surface area contributed by atoms with E-state index in [-0.39, 0.29) is 26.4 Å². The van der Waals surface area contributed by atoms with Crippen molar-refractivity contribution >= 4 is 54.0 Å². The van der Waals surface area contributed by atoms with Crippen molar-refractivity contribution in [3.8, 4) is 0 Å². The van der Waals surface area contributed by atoms with Gasteiger partial charge in [-0.15, -0.1) is 0 Å². The molecule has 29 heavy (non-hydrogen) atoms. The summed E-state index contributed by atoms with van der Waals surface area (Å²) in [5.41, 5.74) is 0.320. The van der Waals surface area contributed by atoms with Gasteiger partial charge in [0.05, 0.1) is 17.6 Å². The highest BCUT2D eigenvalue weighted by atomic mass is 35.5. The summed E-state index contributed by atoms with van der Waals surface area (Å²) in [6.45, 7) is 0. The first kappa shape index (κ1) is 19.4. The molecule has 0 unspecified atom stereocenters. The van der Waals surface area contributed by atoms with Crippen LogP contribution in [0.5, 0.6) is 0 Å². The summed E-state index contributed by atoms with van der Waals surface area (Å²) in [5.74, 6) is 0. The van der Waals surface area contributed by atoms with Crippen LogP contribution < -0.4 is 9.44 Å². The van der Waals surface area contributed by atoms with Crippen LogP contribution in [0.25, 0.3) is 11.0 Å². The zero-order valence-corrected chi connectivity index (χ0v) is 16.9. The van der Waals surface area contributed by atoms with Gasteiger partial charge in [0.25, 0.3) is 20.0 Å². The minimum absolute atomic E-state index is 0.0183. The molecule has 2 N–H and O–H groups in total. The lowest BCUT2D eigenvalue weighted by Crippen LogP contribution is -2.17. The van der Waals surface area contributed by atoms with Crippen molar-refractivity contribution in [3.05, 3.63) is 72.1 Å². The van der Waals surface area contributed by atoms with E-state index < -0.39 is 20.0 Å². The van der Waals surface area contributed by atoms with E-state index in [1.165, 1.54) is 36.6 Å². The van der Waals surface area contributed by atoms with Crippen molar-refractivity contribution in [1.82, 2.24) is 0 Å². The fourth-order valence-electron chi connectivity index (χ4n) is 2.58. The molecule has 0 aliphatic rings. The third-order valence-corrected chi connectivity index (χ3v) is 6.74. The summed E-state index contributed by atoms with van der Waals surface area (Å²) >= 11 is 5.98. The van der Waals surface area contributed by atoms with Gasteiger partial charge in [0.2, 0.25) is 5.09 Å². The van der Waals surface area contributed by atoms with Crippen LogP contribution in [0.3, 0.4) is 0 Å². The first-order chi connectivity index (χ1) is 13.7. The predicted octanol–water partition coefficient (Wildman–Crippen LogP) is 4.28. The zero-order valence-electron chi connectivity index (χ0n) is 14.5. The number of nitrogens with one attached hydrogen (secondary N) is 2. The Morgan fingerprint density at radius 2 is 1.59 bits per heavy atom. The zero-order chi connectivity index (χ0) is 20.6. The molecule has 0 fully saturated rings. The van der Waals surface area contributed by atoms with Gasteiger partial charge < -0.3 is 8.83 Å². The fourth-order valence-corrected chi connectivity index (χ4v) is 4.80. The first-order valence-corrected chi connectivity index (χ1v) is 11.4. The number of sulfonamides is 2. The highest BCUT2D eigenvalue weighted by Gasteiger charge is 2.23. The Morgan fingerprint density at radius 1 is 0.828 bits per heavy atom. The smallest absolute Gasteiger partial charge is 0.295 e. The molecule has 0 amide bonds. The maximum atomic E-state index is 12.8. The summed E-state index contributed by atoms with van der Waals surface area (Å²) in [6, 6.07) is 13.5. The number of hydrogen-bond donors (Lipinski definition) is 2. The SMILES string of the molecule is O=S(=O)(Nc1ccc(Cl)cc1NS(=O)(=O)c1cc2ccccc2o1)c1ccoc1. The molecule has 4 aromatic rings. The quantitative estimate of drug-likeness (QED) is 0.450. The molecule has 0 atom stereocenters. The highest BCUT2D eigenvalue weighted by molar-refractivity contribution is 7.93. The molecule has 0 saturated carbocycles. The molecule has 0 saturated heterocycles. The van der Waals surface area contributed by atoms with Gasteiger partial charge in [-0.05, 0) is 30.3 Å². The molecule has 2 aromatic heterocycles. The van der Waals surface area contributed by atoms with E-state index in [4.69, 9.17) is 20.4 Å². The Hall–Kier alpha value is -2.95. The van der Waals surface area contributed by atoms with E-state index in [0.717, 1.165) is 6.26 Å². The number of furan rings is 2. The molecule has 150 valence electrons. The van der Waals surface area contributed by atoms with Gasteiger partial charge in [0.1, 0.15) is 16.7 Å². The molecule has 0 bridgehead atoms. The van der Waals surface area contributed by atoms with Crippen LogP contribution in [0.2, 0.25) is 5.02 Å². The molecule has 0 radical (unpaired) electrons. The predicted molar refractivity (Wildman–Crippen MR) is 108 cm³/mol. The van der Waals surface area contributed by atoms with Crippen LogP contribution in [-0.2, 0) is 20.0 Å². The van der Waals surface area contributed by atoms with E-state index in [0.29, 0.717) is 11.0 Å². The van der Waals surface area contributed by atoms with Crippen LogP contribution in [0.1, 0.15) is 0 Å². The minimum atomic E-state index is -4.15. The Balaban J connectivity index is 1.70. The maximum absolute atomic E-state index is 12.8. The van der Waals surface area contributed by atoms with Crippen molar-refractivity contribution in [3.63, 3.8) is 0 Å². The average molecular weight is 453 g/mol. The minimum Gasteiger partial charge on any atom is -0.471 e. The van der Waals surface area contributed by atoms with Crippen molar-refractivity contribution < 1.29 is 25.7 Å². The number of hydrogen-bond acceptors (Lipinski definition) is 6. The van der Waals surface area contributed by atoms with Gasteiger partial charge in [-0.25, -0.2) is 8.42 Å². The molecule has 11 heteroatoms. The summed E-state index contributed by atoms with van der Waals surface area (Å²) in [7, 11) is -8.14. The van der Waals surface area contributed by atoms with Crippen LogP contribution in [-0.4, -0.2) is 16.8 Å². The molecule has 0 aliphatic heterocycles. The molecule has 0 aliphatic carbocycles. The molecule has 8 nitrogen and oxygen atoms in total. The third-order valence-electron chi connectivity index (χ3n) is 3.94. The van der Waals surface area contributed by atoms with Gasteiger partial charge in [-0.1, -0.05) is 29.8 Å². The Labute approximate surface area is 171 Å². The number of anilines is 2. The number of fused-ring (bicyclic) bond motifs is 1. The number of para-hydroxylation sites is 1. The molecular weight excluding hydrogens is 440 g/mol. The molecule has 4 rings (SSSR count). The third kappa shape index (κ3) is 3.95. The van der Waals surface area contributed by atoms with E-state index >= 15 is 0 Å². The molecule has 2 heterocycles. The van der Waals surface area contributed by atoms with E-state index in [9.17, 15) is 16.8 Å². The van der Waals surface area contributed by atoms with Gasteiger partial charge in [-0.3, -0.25) is 9.44 Å². The monoisotopic (exact) mass is 452 g/mol. The first-order valence-electron chi connectivity index (χ1n) is 8.11. The lowest BCUT2D eigenvalue weighted by atomic mass is 10.3. The second-order valence-corrected chi connectivity index (χ2v) is 9.70. The van der Waals surface area contributed by atoms with Crippen molar-refractivity contribution in [1.29, 1.82) is 0 Å². The number of halogens is 1. The van der Waals surface area contributed by atoms with Gasteiger partial charge in [0, 0.05) is 16.5 Å². The topological polar surface area (TPSA) is 119 Å². The second kappa shape index (κ2) is 7.14. The highest BCUT2D eigenvalue weighted by Crippen LogP contribution is 2.31. The van der Waals surface area contributed by atoms with E-state index in [1.54, 1.807) is 24.3 Å². The lowest BCUT2D eigenvalue weighted by molar-refractivity contribution is 0.484. The van der Waals surface area contributed by atoms with Crippen LogP contribution in [0, 0.1) is 0 Å². The molecule has 2 aromatic carbocycles. The normalized spacial score (nSPS) is 12.2. The second-order valence-electron chi connectivity index (χ2n) is 5.96. The Kier molecular flexibility index (Phi) is 4.77. The summed E-state index contributed by atoms with van der Waals surface area (Å²) in [4.78, 5) is -0.112. The summed E-state index contributed by atoms with van der Waals surface area (Å²) in [5, 5.41) is 0.501. The molecular formula is C18H13ClN2O6S2. The summed E-state index contributed by atoms with van der Waals surface area (Å²) in [6.07, 6.45) is 2.26. The van der Waals surface area contributed by atoms with Crippen molar-refractivity contribution in [2.45, 2.75) is 9.99 Å². The average Bonchev–Trinajstić information content (AvgIpc) is 3.33. The number of benzene rings is 2. The molecule has 0 spiro atoms. The van der Waals surface area contributed by atoms with Crippen molar-refractivity contribution in [2.24, 2.45) is 0 Å². The largest absolute Gasteiger partial charge is 0.471 e. The van der Waals surface area contributed by atoms with Crippen LogP contribution in [0.4, 0.5) is 11.4 Å². The fraction of sp³-hybridized carbons (Fsp3) is 0. The van der Waals surface area contributed by atoms with Crippen molar-refractivity contribution in [2.75, 3.05) is 9.44 Å². The standard InChI is InChI=1S/C18H13ClN2O6S2/c19-13-5-6-15(20-28(22,23)14-7-8-26-11-14)16(10-13)21-29(24,25)18-9-12-3-1-2-4-17(12)27-18/h1-11,20-21H.